The van der Waals surface area contributed by atoms with Gasteiger partial charge in [0.15, 0.2) is 0 Å². The number of fused-ring (bicyclic) bond motifs is 1. The van der Waals surface area contributed by atoms with Crippen molar-refractivity contribution in [2.24, 2.45) is 5.92 Å². The molecule has 4 rings (SSSR count). The molecule has 2 heterocycles. The number of nitrogens with one attached hydrogen (secondary N) is 1. The summed E-state index contributed by atoms with van der Waals surface area (Å²) in [5, 5.41) is 8.74. The van der Waals surface area contributed by atoms with Crippen molar-refractivity contribution in [2.45, 2.75) is 45.6 Å². The molecule has 0 saturated heterocycles. The number of amides is 1. The first-order valence-corrected chi connectivity index (χ1v) is 9.90. The van der Waals surface area contributed by atoms with Gasteiger partial charge in [-0.1, -0.05) is 19.8 Å². The van der Waals surface area contributed by atoms with Gasteiger partial charge in [-0.15, -0.1) is 11.3 Å². The molecule has 2 unspecified atom stereocenters. The minimum atomic E-state index is -0.276. The van der Waals surface area contributed by atoms with Gasteiger partial charge in [0.05, 0.1) is 16.3 Å². The molecular formula is C20H22FN3OS. The lowest BCUT2D eigenvalue weighted by Crippen LogP contribution is -2.40. The lowest BCUT2D eigenvalue weighted by atomic mass is 9.86. The average Bonchev–Trinajstić information content (AvgIpc) is 3.19. The Hall–Kier alpha value is -2.21. The number of aromatic nitrogens is 2. The molecule has 1 fully saturated rings. The summed E-state index contributed by atoms with van der Waals surface area (Å²) in [6.07, 6.45) is 4.67. The van der Waals surface area contributed by atoms with Crippen LogP contribution in [0.15, 0.2) is 30.3 Å². The number of benzene rings is 1. The van der Waals surface area contributed by atoms with Gasteiger partial charge < -0.3 is 5.32 Å². The molecule has 1 aliphatic rings. The van der Waals surface area contributed by atoms with E-state index in [-0.39, 0.29) is 17.8 Å². The first-order valence-electron chi connectivity index (χ1n) is 9.09. The highest BCUT2D eigenvalue weighted by molar-refractivity contribution is 7.20. The maximum Gasteiger partial charge on any atom is 0.261 e. The second-order valence-corrected chi connectivity index (χ2v) is 8.18. The number of thiophene rings is 1. The first kappa shape index (κ1) is 17.2. The van der Waals surface area contributed by atoms with Gasteiger partial charge in [0.2, 0.25) is 0 Å². The number of rotatable bonds is 3. The average molecular weight is 371 g/mol. The zero-order valence-corrected chi connectivity index (χ0v) is 15.8. The summed E-state index contributed by atoms with van der Waals surface area (Å²) in [5.41, 5.74) is 1.66. The Morgan fingerprint density at radius 1 is 1.27 bits per heavy atom. The lowest BCUT2D eigenvalue weighted by molar-refractivity contribution is 0.0914. The molecule has 0 spiro atoms. The molecule has 0 aliphatic heterocycles. The fraction of sp³-hybridized carbons (Fsp3) is 0.400. The van der Waals surface area contributed by atoms with Crippen LogP contribution >= 0.6 is 11.3 Å². The van der Waals surface area contributed by atoms with E-state index in [1.54, 1.807) is 16.8 Å². The highest BCUT2D eigenvalue weighted by atomic mass is 32.1. The van der Waals surface area contributed by atoms with Crippen LogP contribution in [0.4, 0.5) is 4.39 Å². The van der Waals surface area contributed by atoms with Gasteiger partial charge in [-0.25, -0.2) is 9.07 Å². The molecule has 1 aliphatic carbocycles. The smallest absolute Gasteiger partial charge is 0.261 e. The maximum atomic E-state index is 13.2. The van der Waals surface area contributed by atoms with Gasteiger partial charge in [-0.2, -0.15) is 5.10 Å². The van der Waals surface area contributed by atoms with Crippen LogP contribution in [0.5, 0.6) is 0 Å². The third-order valence-electron chi connectivity index (χ3n) is 5.27. The van der Waals surface area contributed by atoms with Gasteiger partial charge >= 0.3 is 0 Å². The van der Waals surface area contributed by atoms with Crippen LogP contribution in [0.25, 0.3) is 15.9 Å². The summed E-state index contributed by atoms with van der Waals surface area (Å²) in [5.74, 6) is 0.246. The van der Waals surface area contributed by atoms with Gasteiger partial charge in [0.1, 0.15) is 10.6 Å². The van der Waals surface area contributed by atoms with E-state index in [1.807, 2.05) is 13.0 Å². The zero-order valence-electron chi connectivity index (χ0n) is 15.0. The molecule has 0 radical (unpaired) electrons. The second-order valence-electron chi connectivity index (χ2n) is 7.14. The molecule has 4 nitrogen and oxygen atoms in total. The van der Waals surface area contributed by atoms with Crippen molar-refractivity contribution in [1.82, 2.24) is 15.1 Å². The van der Waals surface area contributed by atoms with Crippen molar-refractivity contribution < 1.29 is 9.18 Å². The summed E-state index contributed by atoms with van der Waals surface area (Å²) in [6.45, 7) is 4.14. The largest absolute Gasteiger partial charge is 0.348 e. The molecule has 6 heteroatoms. The van der Waals surface area contributed by atoms with E-state index >= 15 is 0 Å². The predicted molar refractivity (Wildman–Crippen MR) is 103 cm³/mol. The molecule has 136 valence electrons. The molecule has 2 aromatic heterocycles. The fourth-order valence-electron chi connectivity index (χ4n) is 3.69. The molecule has 1 saturated carbocycles. The van der Waals surface area contributed by atoms with Crippen molar-refractivity contribution in [2.75, 3.05) is 0 Å². The lowest BCUT2D eigenvalue weighted by Gasteiger charge is -2.29. The van der Waals surface area contributed by atoms with Crippen LogP contribution in [-0.4, -0.2) is 21.7 Å². The SMILES string of the molecule is Cc1nn(-c2ccc(F)cc2)c2sc(C(=O)NC3CCCCC3C)cc12. The third-order valence-corrected chi connectivity index (χ3v) is 6.38. The van der Waals surface area contributed by atoms with Gasteiger partial charge in [-0.3, -0.25) is 4.79 Å². The van der Waals surface area contributed by atoms with Crippen LogP contribution in [0.2, 0.25) is 0 Å². The summed E-state index contributed by atoms with van der Waals surface area (Å²) < 4.78 is 15.0. The summed E-state index contributed by atoms with van der Waals surface area (Å²) >= 11 is 1.44. The van der Waals surface area contributed by atoms with Crippen LogP contribution in [0, 0.1) is 18.7 Å². The Kier molecular flexibility index (Phi) is 4.53. The van der Waals surface area contributed by atoms with Crippen LogP contribution in [0.1, 0.15) is 48.0 Å². The molecule has 1 N–H and O–H groups in total. The highest BCUT2D eigenvalue weighted by Crippen LogP contribution is 2.31. The second kappa shape index (κ2) is 6.83. The van der Waals surface area contributed by atoms with Crippen LogP contribution in [0.3, 0.4) is 0 Å². The topological polar surface area (TPSA) is 46.9 Å². The monoisotopic (exact) mass is 371 g/mol. The molecule has 2 atom stereocenters. The Balaban J connectivity index is 1.64. The van der Waals surface area contributed by atoms with Crippen molar-refractivity contribution in [3.8, 4) is 5.69 Å². The van der Waals surface area contributed by atoms with E-state index in [0.29, 0.717) is 10.8 Å². The number of carbonyl (C=O) groups excluding carboxylic acids is 1. The van der Waals surface area contributed by atoms with E-state index in [9.17, 15) is 9.18 Å². The highest BCUT2D eigenvalue weighted by Gasteiger charge is 2.25. The molecule has 1 aromatic carbocycles. The quantitative estimate of drug-likeness (QED) is 0.716. The Morgan fingerprint density at radius 3 is 2.73 bits per heavy atom. The Labute approximate surface area is 156 Å². The van der Waals surface area contributed by atoms with Crippen LogP contribution in [-0.2, 0) is 0 Å². The van der Waals surface area contributed by atoms with Gasteiger partial charge in [0.25, 0.3) is 5.91 Å². The number of halogens is 1. The normalized spacial score (nSPS) is 20.4. The van der Waals surface area contributed by atoms with Gasteiger partial charge in [0, 0.05) is 11.4 Å². The molecule has 26 heavy (non-hydrogen) atoms. The minimum Gasteiger partial charge on any atom is -0.348 e. The molecular weight excluding hydrogens is 349 g/mol. The van der Waals surface area contributed by atoms with Gasteiger partial charge in [-0.05, 0) is 56.0 Å². The van der Waals surface area contributed by atoms with Crippen molar-refractivity contribution in [3.05, 3.63) is 46.7 Å². The summed E-state index contributed by atoms with van der Waals surface area (Å²) in [4.78, 5) is 14.4. The number of hydrogen-bond acceptors (Lipinski definition) is 3. The van der Waals surface area contributed by atoms with E-state index in [1.165, 1.54) is 42.7 Å². The number of nitrogens with zero attached hydrogens (tertiary/aromatic N) is 2. The van der Waals surface area contributed by atoms with Crippen LogP contribution < -0.4 is 5.32 Å². The number of hydrogen-bond donors (Lipinski definition) is 1. The molecule has 1 amide bonds. The Morgan fingerprint density at radius 2 is 2.00 bits per heavy atom. The van der Waals surface area contributed by atoms with E-state index in [2.05, 4.69) is 17.3 Å². The number of carbonyl (C=O) groups is 1. The maximum absolute atomic E-state index is 13.2. The standard InChI is InChI=1S/C20H22FN3OS/c1-12-5-3-4-6-17(12)22-19(25)18-11-16-13(2)23-24(20(16)26-18)15-9-7-14(21)8-10-15/h7-12,17H,3-6H2,1-2H3,(H,22,25). The van der Waals surface area contributed by atoms with Crippen molar-refractivity contribution in [1.29, 1.82) is 0 Å². The predicted octanol–water partition coefficient (Wildman–Crippen LogP) is 4.84. The van der Waals surface area contributed by atoms with E-state index in [0.717, 1.165) is 28.0 Å². The minimum absolute atomic E-state index is 0.00462. The summed E-state index contributed by atoms with van der Waals surface area (Å²) in [6, 6.07) is 8.42. The Bertz CT molecular complexity index is 944. The molecule has 3 aromatic rings. The van der Waals surface area contributed by atoms with Crippen molar-refractivity contribution >= 4 is 27.5 Å². The van der Waals surface area contributed by atoms with Crippen molar-refractivity contribution in [3.63, 3.8) is 0 Å². The third kappa shape index (κ3) is 3.14. The van der Waals surface area contributed by atoms with E-state index in [4.69, 9.17) is 0 Å². The zero-order chi connectivity index (χ0) is 18.3. The van der Waals surface area contributed by atoms with E-state index < -0.39 is 0 Å². The first-order chi connectivity index (χ1) is 12.5. The fourth-order valence-corrected chi connectivity index (χ4v) is 4.77. The summed E-state index contributed by atoms with van der Waals surface area (Å²) in [7, 11) is 0. The number of aryl methyl sites for hydroxylation is 1. The molecule has 0 bridgehead atoms.